The van der Waals surface area contributed by atoms with Gasteiger partial charge in [-0.1, -0.05) is 50.6 Å². The molecule has 2 nitrogen and oxygen atoms in total. The first kappa shape index (κ1) is 14.7. The second-order valence-electron chi connectivity index (χ2n) is 7.02. The SMILES string of the molecule is Cc1ccc(N2C=CN(c3cccc(C(C)(C)C)c3)C2)cc1. The lowest BCUT2D eigenvalue weighted by molar-refractivity contribution is 0.590. The second kappa shape index (κ2) is 5.53. The molecule has 0 bridgehead atoms. The summed E-state index contributed by atoms with van der Waals surface area (Å²) in [5.41, 5.74) is 5.32. The zero-order valence-corrected chi connectivity index (χ0v) is 13.9. The number of anilines is 2. The van der Waals surface area contributed by atoms with E-state index in [1.165, 1.54) is 22.5 Å². The van der Waals surface area contributed by atoms with E-state index in [1.54, 1.807) is 0 Å². The van der Waals surface area contributed by atoms with Gasteiger partial charge in [-0.15, -0.1) is 0 Å². The van der Waals surface area contributed by atoms with Crippen LogP contribution in [0.1, 0.15) is 31.9 Å². The molecule has 0 unspecified atom stereocenters. The van der Waals surface area contributed by atoms with Crippen LogP contribution < -0.4 is 9.80 Å². The van der Waals surface area contributed by atoms with E-state index in [1.807, 2.05) is 0 Å². The Morgan fingerprint density at radius 3 is 2.09 bits per heavy atom. The number of hydrogen-bond acceptors (Lipinski definition) is 2. The molecular formula is C20H24N2. The van der Waals surface area contributed by atoms with Gasteiger partial charge in [-0.25, -0.2) is 0 Å². The van der Waals surface area contributed by atoms with Crippen molar-refractivity contribution in [3.05, 3.63) is 72.1 Å². The van der Waals surface area contributed by atoms with Crippen LogP contribution in [0.3, 0.4) is 0 Å². The average molecular weight is 292 g/mol. The zero-order valence-electron chi connectivity index (χ0n) is 13.9. The van der Waals surface area contributed by atoms with Gasteiger partial charge in [0, 0.05) is 23.8 Å². The minimum atomic E-state index is 0.177. The quantitative estimate of drug-likeness (QED) is 0.764. The molecule has 0 spiro atoms. The largest absolute Gasteiger partial charge is 0.328 e. The van der Waals surface area contributed by atoms with E-state index in [9.17, 15) is 0 Å². The van der Waals surface area contributed by atoms with Gasteiger partial charge in [0.1, 0.15) is 0 Å². The molecule has 22 heavy (non-hydrogen) atoms. The van der Waals surface area contributed by atoms with E-state index >= 15 is 0 Å². The van der Waals surface area contributed by atoms with Gasteiger partial charge < -0.3 is 9.80 Å². The van der Waals surface area contributed by atoms with Crippen LogP contribution in [0.2, 0.25) is 0 Å². The molecule has 0 aliphatic carbocycles. The molecule has 0 fully saturated rings. The Labute approximate surface area is 133 Å². The molecule has 2 aromatic carbocycles. The van der Waals surface area contributed by atoms with Crippen LogP contribution in [0.25, 0.3) is 0 Å². The predicted molar refractivity (Wildman–Crippen MR) is 95.3 cm³/mol. The highest BCUT2D eigenvalue weighted by Gasteiger charge is 2.18. The van der Waals surface area contributed by atoms with Gasteiger partial charge >= 0.3 is 0 Å². The minimum Gasteiger partial charge on any atom is -0.328 e. The van der Waals surface area contributed by atoms with Gasteiger partial charge in [-0.05, 0) is 42.2 Å². The number of hydrogen-bond donors (Lipinski definition) is 0. The smallest absolute Gasteiger partial charge is 0.0989 e. The Morgan fingerprint density at radius 1 is 0.818 bits per heavy atom. The molecule has 3 rings (SSSR count). The van der Waals surface area contributed by atoms with Crippen molar-refractivity contribution in [1.82, 2.24) is 0 Å². The molecule has 0 saturated carbocycles. The lowest BCUT2D eigenvalue weighted by Gasteiger charge is -2.24. The summed E-state index contributed by atoms with van der Waals surface area (Å²) in [5, 5.41) is 0. The topological polar surface area (TPSA) is 6.48 Å². The van der Waals surface area contributed by atoms with Crippen LogP contribution in [0, 0.1) is 6.92 Å². The number of aryl methyl sites for hydroxylation is 1. The first-order chi connectivity index (χ1) is 10.4. The van der Waals surface area contributed by atoms with Crippen LogP contribution in [-0.4, -0.2) is 6.67 Å². The Hall–Kier alpha value is -2.22. The van der Waals surface area contributed by atoms with E-state index in [0.717, 1.165) is 6.67 Å². The summed E-state index contributed by atoms with van der Waals surface area (Å²) in [4.78, 5) is 4.55. The molecule has 2 aromatic rings. The fourth-order valence-corrected chi connectivity index (χ4v) is 2.64. The standard InChI is InChI=1S/C20H24N2/c1-16-8-10-18(11-9-16)21-12-13-22(15-21)19-7-5-6-17(14-19)20(2,3)4/h5-14H,15H2,1-4H3. The average Bonchev–Trinajstić information content (AvgIpc) is 2.97. The van der Waals surface area contributed by atoms with E-state index < -0.39 is 0 Å². The molecule has 0 atom stereocenters. The summed E-state index contributed by atoms with van der Waals surface area (Å²) in [6.45, 7) is 9.74. The summed E-state index contributed by atoms with van der Waals surface area (Å²) < 4.78 is 0. The van der Waals surface area contributed by atoms with Crippen LogP contribution in [0.5, 0.6) is 0 Å². The highest BCUT2D eigenvalue weighted by atomic mass is 15.3. The lowest BCUT2D eigenvalue weighted by atomic mass is 9.87. The molecule has 1 heterocycles. The van der Waals surface area contributed by atoms with Gasteiger partial charge in [0.25, 0.3) is 0 Å². The summed E-state index contributed by atoms with van der Waals surface area (Å²) in [5.74, 6) is 0. The minimum absolute atomic E-state index is 0.177. The first-order valence-corrected chi connectivity index (χ1v) is 7.82. The van der Waals surface area contributed by atoms with Crippen molar-refractivity contribution >= 4 is 11.4 Å². The maximum absolute atomic E-state index is 2.29. The zero-order chi connectivity index (χ0) is 15.7. The lowest BCUT2D eigenvalue weighted by Crippen LogP contribution is -2.25. The van der Waals surface area contributed by atoms with Crippen molar-refractivity contribution in [2.45, 2.75) is 33.1 Å². The summed E-state index contributed by atoms with van der Waals surface area (Å²) in [7, 11) is 0. The third-order valence-electron chi connectivity index (χ3n) is 4.14. The van der Waals surface area contributed by atoms with Gasteiger partial charge in [0.2, 0.25) is 0 Å². The molecule has 0 amide bonds. The van der Waals surface area contributed by atoms with Crippen molar-refractivity contribution in [1.29, 1.82) is 0 Å². The van der Waals surface area contributed by atoms with Crippen molar-refractivity contribution in [2.75, 3.05) is 16.5 Å². The maximum atomic E-state index is 2.29. The molecule has 1 aliphatic rings. The molecule has 0 N–H and O–H groups in total. The maximum Gasteiger partial charge on any atom is 0.0989 e. The molecular weight excluding hydrogens is 268 g/mol. The number of benzene rings is 2. The normalized spacial score (nSPS) is 14.7. The van der Waals surface area contributed by atoms with E-state index in [0.29, 0.717) is 0 Å². The molecule has 0 aromatic heterocycles. The Kier molecular flexibility index (Phi) is 3.69. The van der Waals surface area contributed by atoms with Crippen molar-refractivity contribution < 1.29 is 0 Å². The van der Waals surface area contributed by atoms with Crippen LogP contribution >= 0.6 is 0 Å². The molecule has 0 saturated heterocycles. The second-order valence-corrected chi connectivity index (χ2v) is 7.02. The first-order valence-electron chi connectivity index (χ1n) is 7.82. The molecule has 2 heteroatoms. The molecule has 0 radical (unpaired) electrons. The van der Waals surface area contributed by atoms with Gasteiger partial charge in [-0.2, -0.15) is 0 Å². The fraction of sp³-hybridized carbons (Fsp3) is 0.300. The number of rotatable bonds is 2. The van der Waals surface area contributed by atoms with Crippen LogP contribution in [-0.2, 0) is 5.41 Å². The van der Waals surface area contributed by atoms with Gasteiger partial charge in [0.15, 0.2) is 0 Å². The molecule has 114 valence electrons. The van der Waals surface area contributed by atoms with Crippen molar-refractivity contribution in [3.8, 4) is 0 Å². The third kappa shape index (κ3) is 3.01. The summed E-state index contributed by atoms with van der Waals surface area (Å²) in [6, 6.07) is 17.5. The number of nitrogens with zero attached hydrogens (tertiary/aromatic N) is 2. The third-order valence-corrected chi connectivity index (χ3v) is 4.14. The molecule has 1 aliphatic heterocycles. The predicted octanol–water partition coefficient (Wildman–Crippen LogP) is 5.05. The van der Waals surface area contributed by atoms with Crippen molar-refractivity contribution in [3.63, 3.8) is 0 Å². The highest BCUT2D eigenvalue weighted by Crippen LogP contribution is 2.29. The highest BCUT2D eigenvalue weighted by molar-refractivity contribution is 5.60. The summed E-state index contributed by atoms with van der Waals surface area (Å²) in [6.07, 6.45) is 4.30. The Balaban J connectivity index is 1.79. The summed E-state index contributed by atoms with van der Waals surface area (Å²) >= 11 is 0. The monoisotopic (exact) mass is 292 g/mol. The fourth-order valence-electron chi connectivity index (χ4n) is 2.64. The van der Waals surface area contributed by atoms with E-state index in [2.05, 4.69) is 98.4 Å². The van der Waals surface area contributed by atoms with E-state index in [-0.39, 0.29) is 5.41 Å². The Bertz CT molecular complexity index is 678. The van der Waals surface area contributed by atoms with E-state index in [4.69, 9.17) is 0 Å². The Morgan fingerprint density at radius 2 is 1.45 bits per heavy atom. The van der Waals surface area contributed by atoms with Crippen LogP contribution in [0.15, 0.2) is 60.9 Å². The van der Waals surface area contributed by atoms with Crippen molar-refractivity contribution in [2.24, 2.45) is 0 Å². The van der Waals surface area contributed by atoms with Gasteiger partial charge in [-0.3, -0.25) is 0 Å². The van der Waals surface area contributed by atoms with Gasteiger partial charge in [0.05, 0.1) is 6.67 Å². The van der Waals surface area contributed by atoms with Crippen LogP contribution in [0.4, 0.5) is 11.4 Å².